The first-order valence-corrected chi connectivity index (χ1v) is 5.39. The molecule has 0 saturated heterocycles. The van der Waals surface area contributed by atoms with Gasteiger partial charge < -0.3 is 10.4 Å². The molecule has 7 heteroatoms. The average Bonchev–Trinajstić information content (AvgIpc) is 2.71. The van der Waals surface area contributed by atoms with E-state index in [1.54, 1.807) is 10.7 Å². The summed E-state index contributed by atoms with van der Waals surface area (Å²) in [5.74, 6) is -1.10. The molecule has 0 bridgehead atoms. The lowest BCUT2D eigenvalue weighted by Crippen LogP contribution is -2.24. The topological polar surface area (TPSA) is 97.1 Å². The molecule has 0 spiro atoms. The smallest absolute Gasteiger partial charge is 0.335 e. The minimum absolute atomic E-state index is 0.104. The minimum Gasteiger partial charge on any atom is -0.478 e. The van der Waals surface area contributed by atoms with Gasteiger partial charge in [-0.1, -0.05) is 5.21 Å². The van der Waals surface area contributed by atoms with Crippen molar-refractivity contribution in [3.63, 3.8) is 0 Å². The summed E-state index contributed by atoms with van der Waals surface area (Å²) in [6, 6.07) is 4.63. The molecule has 94 valence electrons. The molecule has 0 aliphatic carbocycles. The third-order valence-electron chi connectivity index (χ3n) is 2.46. The molecule has 0 saturated carbocycles. The number of aromatic nitrogens is 3. The van der Waals surface area contributed by atoms with E-state index in [9.17, 15) is 9.59 Å². The van der Waals surface area contributed by atoms with Gasteiger partial charge in [-0.3, -0.25) is 4.79 Å². The number of nitrogens with one attached hydrogen (secondary N) is 1. The van der Waals surface area contributed by atoms with Crippen LogP contribution in [0.1, 0.15) is 17.3 Å². The predicted octanol–water partition coefficient (Wildman–Crippen LogP) is 0.266. The number of aromatic carboxylic acids is 1. The fourth-order valence-corrected chi connectivity index (χ4v) is 1.61. The summed E-state index contributed by atoms with van der Waals surface area (Å²) in [5, 5.41) is 19.3. The quantitative estimate of drug-likeness (QED) is 0.809. The second kappa shape index (κ2) is 4.82. The highest BCUT2D eigenvalue weighted by atomic mass is 16.4. The van der Waals surface area contributed by atoms with Gasteiger partial charge in [-0.15, -0.1) is 5.10 Å². The number of carboxylic acid groups (broad SMARTS) is 1. The van der Waals surface area contributed by atoms with Crippen molar-refractivity contribution in [2.24, 2.45) is 0 Å². The molecule has 0 aliphatic heterocycles. The van der Waals surface area contributed by atoms with Gasteiger partial charge in [0.15, 0.2) is 0 Å². The van der Waals surface area contributed by atoms with Crippen LogP contribution in [0.3, 0.4) is 0 Å². The minimum atomic E-state index is -0.996. The molecule has 2 N–H and O–H groups in total. The maximum absolute atomic E-state index is 10.8. The molecule has 0 fully saturated rings. The molecule has 2 rings (SSSR count). The third-order valence-corrected chi connectivity index (χ3v) is 2.46. The van der Waals surface area contributed by atoms with Crippen molar-refractivity contribution in [2.75, 3.05) is 6.54 Å². The number of carbonyl (C=O) groups excluding carboxylic acids is 1. The molecule has 1 aromatic heterocycles. The summed E-state index contributed by atoms with van der Waals surface area (Å²) in [5.41, 5.74) is 1.44. The first-order valence-electron chi connectivity index (χ1n) is 5.39. The molecule has 2 aromatic rings. The Balaban J connectivity index is 2.20. The van der Waals surface area contributed by atoms with Crippen LogP contribution in [0.5, 0.6) is 0 Å². The zero-order chi connectivity index (χ0) is 13.1. The Bertz CT molecular complexity index is 605. The van der Waals surface area contributed by atoms with Gasteiger partial charge in [-0.05, 0) is 18.2 Å². The Morgan fingerprint density at radius 3 is 2.89 bits per heavy atom. The van der Waals surface area contributed by atoms with E-state index in [1.807, 2.05) is 0 Å². The second-order valence-corrected chi connectivity index (χ2v) is 3.80. The zero-order valence-electron chi connectivity index (χ0n) is 9.75. The molecule has 7 nitrogen and oxygen atoms in total. The van der Waals surface area contributed by atoms with Gasteiger partial charge in [0.1, 0.15) is 5.52 Å². The number of fused-ring (bicyclic) bond motifs is 1. The van der Waals surface area contributed by atoms with E-state index in [1.165, 1.54) is 19.1 Å². The van der Waals surface area contributed by atoms with Crippen LogP contribution in [0, 0.1) is 0 Å². The van der Waals surface area contributed by atoms with Crippen LogP contribution in [0.15, 0.2) is 18.2 Å². The normalized spacial score (nSPS) is 10.5. The van der Waals surface area contributed by atoms with E-state index in [4.69, 9.17) is 5.11 Å². The fraction of sp³-hybridized carbons (Fsp3) is 0.273. The van der Waals surface area contributed by atoms with Gasteiger partial charge in [0.2, 0.25) is 5.91 Å². The maximum Gasteiger partial charge on any atom is 0.335 e. The van der Waals surface area contributed by atoms with Gasteiger partial charge in [-0.25, -0.2) is 9.48 Å². The van der Waals surface area contributed by atoms with Gasteiger partial charge in [-0.2, -0.15) is 0 Å². The summed E-state index contributed by atoms with van der Waals surface area (Å²) < 4.78 is 1.62. The van der Waals surface area contributed by atoms with Crippen LogP contribution in [-0.4, -0.2) is 38.5 Å². The third kappa shape index (κ3) is 2.45. The van der Waals surface area contributed by atoms with Crippen LogP contribution in [0.2, 0.25) is 0 Å². The lowest BCUT2D eigenvalue weighted by atomic mass is 10.2. The Morgan fingerprint density at radius 1 is 1.44 bits per heavy atom. The molecule has 18 heavy (non-hydrogen) atoms. The zero-order valence-corrected chi connectivity index (χ0v) is 9.75. The van der Waals surface area contributed by atoms with Crippen molar-refractivity contribution in [3.05, 3.63) is 23.8 Å². The van der Waals surface area contributed by atoms with E-state index >= 15 is 0 Å². The van der Waals surface area contributed by atoms with Crippen molar-refractivity contribution in [2.45, 2.75) is 13.5 Å². The molecule has 0 aliphatic rings. The molecule has 0 radical (unpaired) electrons. The molecule has 1 amide bonds. The number of benzene rings is 1. The molecule has 0 unspecified atom stereocenters. The Kier molecular flexibility index (Phi) is 3.22. The van der Waals surface area contributed by atoms with Crippen LogP contribution in [0.4, 0.5) is 0 Å². The van der Waals surface area contributed by atoms with E-state index in [-0.39, 0.29) is 11.5 Å². The largest absolute Gasteiger partial charge is 0.478 e. The average molecular weight is 248 g/mol. The second-order valence-electron chi connectivity index (χ2n) is 3.80. The summed E-state index contributed by atoms with van der Waals surface area (Å²) in [6.45, 7) is 2.38. The van der Waals surface area contributed by atoms with Crippen molar-refractivity contribution >= 4 is 22.9 Å². The highest BCUT2D eigenvalue weighted by Gasteiger charge is 2.08. The number of amides is 1. The van der Waals surface area contributed by atoms with Crippen molar-refractivity contribution in [3.8, 4) is 0 Å². The van der Waals surface area contributed by atoms with Gasteiger partial charge in [0.25, 0.3) is 0 Å². The van der Waals surface area contributed by atoms with E-state index < -0.39 is 5.97 Å². The van der Waals surface area contributed by atoms with Gasteiger partial charge in [0.05, 0.1) is 17.6 Å². The van der Waals surface area contributed by atoms with Gasteiger partial charge in [0, 0.05) is 13.5 Å². The van der Waals surface area contributed by atoms with Crippen LogP contribution < -0.4 is 5.32 Å². The van der Waals surface area contributed by atoms with Crippen LogP contribution in [-0.2, 0) is 11.3 Å². The Morgan fingerprint density at radius 2 is 2.22 bits per heavy atom. The van der Waals surface area contributed by atoms with Crippen LogP contribution in [0.25, 0.3) is 11.0 Å². The summed E-state index contributed by atoms with van der Waals surface area (Å²) in [7, 11) is 0. The number of rotatable bonds is 4. The first-order chi connectivity index (χ1) is 8.58. The lowest BCUT2D eigenvalue weighted by Gasteiger charge is -2.03. The highest BCUT2D eigenvalue weighted by molar-refractivity contribution is 5.92. The molecule has 0 atom stereocenters. The monoisotopic (exact) mass is 248 g/mol. The van der Waals surface area contributed by atoms with Gasteiger partial charge >= 0.3 is 5.97 Å². The molecule has 1 heterocycles. The number of carboxylic acids is 1. The Hall–Kier alpha value is -2.44. The van der Waals surface area contributed by atoms with E-state index in [0.29, 0.717) is 18.6 Å². The first kappa shape index (κ1) is 12.0. The maximum atomic E-state index is 10.8. The fourth-order valence-electron chi connectivity index (χ4n) is 1.61. The molecule has 1 aromatic carbocycles. The SMILES string of the molecule is CC(=O)NCCn1nnc2cc(C(=O)O)ccc21. The number of nitrogens with zero attached hydrogens (tertiary/aromatic N) is 3. The number of hydrogen-bond donors (Lipinski definition) is 2. The standard InChI is InChI=1S/C11H12N4O3/c1-7(16)12-4-5-15-10-3-2-8(11(17)18)6-9(10)13-14-15/h2-3,6H,4-5H2,1H3,(H,12,16)(H,17,18). The van der Waals surface area contributed by atoms with Crippen molar-refractivity contribution in [1.29, 1.82) is 0 Å². The molecular weight excluding hydrogens is 236 g/mol. The van der Waals surface area contributed by atoms with Crippen LogP contribution >= 0.6 is 0 Å². The Labute approximate surface area is 102 Å². The summed E-state index contributed by atoms with van der Waals surface area (Å²) in [6.07, 6.45) is 0. The predicted molar refractivity (Wildman–Crippen MR) is 63.2 cm³/mol. The van der Waals surface area contributed by atoms with E-state index in [0.717, 1.165) is 5.52 Å². The highest BCUT2D eigenvalue weighted by Crippen LogP contribution is 2.13. The number of hydrogen-bond acceptors (Lipinski definition) is 4. The lowest BCUT2D eigenvalue weighted by molar-refractivity contribution is -0.118. The van der Waals surface area contributed by atoms with Crippen molar-refractivity contribution in [1.82, 2.24) is 20.3 Å². The van der Waals surface area contributed by atoms with Crippen molar-refractivity contribution < 1.29 is 14.7 Å². The summed E-state index contributed by atoms with van der Waals surface area (Å²) >= 11 is 0. The number of carbonyl (C=O) groups is 2. The summed E-state index contributed by atoms with van der Waals surface area (Å²) in [4.78, 5) is 21.5. The molecular formula is C11H12N4O3. The van der Waals surface area contributed by atoms with E-state index in [2.05, 4.69) is 15.6 Å².